The molecule has 1 aromatic carbocycles. The summed E-state index contributed by atoms with van der Waals surface area (Å²) in [6.45, 7) is 7.93. The summed E-state index contributed by atoms with van der Waals surface area (Å²) in [4.78, 5) is 29.7. The lowest BCUT2D eigenvalue weighted by Gasteiger charge is -2.12. The number of aryl methyl sites for hydroxylation is 2. The van der Waals surface area contributed by atoms with Gasteiger partial charge in [-0.2, -0.15) is 0 Å². The molecule has 0 saturated heterocycles. The number of hydrogen-bond donors (Lipinski definition) is 3. The topological polar surface area (TPSA) is 132 Å². The Hall–Kier alpha value is -3.81. The Balaban J connectivity index is 2.12. The number of nitrogens with two attached hydrogens (primary N) is 2. The number of aliphatic imine (C=N–C) groups is 2. The first-order chi connectivity index (χ1) is 15.7. The Morgan fingerprint density at radius 2 is 1.91 bits per heavy atom. The van der Waals surface area contributed by atoms with Gasteiger partial charge in [-0.3, -0.25) is 14.8 Å². The molecule has 0 bridgehead atoms. The van der Waals surface area contributed by atoms with Gasteiger partial charge in [0.25, 0.3) is 0 Å². The smallest absolute Gasteiger partial charge is 0.227 e. The Kier molecular flexibility index (Phi) is 9.03. The van der Waals surface area contributed by atoms with Crippen LogP contribution in [0.4, 0.5) is 5.95 Å². The largest absolute Gasteiger partial charge is 0.404 e. The molecule has 0 saturated carbocycles. The molecule has 33 heavy (non-hydrogen) atoms. The molecule has 1 heterocycles. The molecule has 0 spiro atoms. The van der Waals surface area contributed by atoms with E-state index in [9.17, 15) is 4.79 Å². The van der Waals surface area contributed by atoms with Crippen LogP contribution in [0.5, 0.6) is 0 Å². The summed E-state index contributed by atoms with van der Waals surface area (Å²) in [5.41, 5.74) is 15.9. The molecule has 0 aliphatic heterocycles. The summed E-state index contributed by atoms with van der Waals surface area (Å²) >= 11 is 0. The van der Waals surface area contributed by atoms with Crippen LogP contribution >= 0.6 is 0 Å². The number of anilines is 1. The molecule has 0 fully saturated rings. The Bertz CT molecular complexity index is 1090. The van der Waals surface area contributed by atoms with Crippen LogP contribution in [0, 0.1) is 6.92 Å². The predicted molar refractivity (Wildman–Crippen MR) is 136 cm³/mol. The van der Waals surface area contributed by atoms with Crippen molar-refractivity contribution in [1.82, 2.24) is 9.97 Å². The number of hydrogen-bond acceptors (Lipinski definition) is 8. The molecule has 5 N–H and O–H groups in total. The van der Waals surface area contributed by atoms with E-state index in [-0.39, 0.29) is 11.3 Å². The van der Waals surface area contributed by atoms with Crippen molar-refractivity contribution in [3.05, 3.63) is 65.3 Å². The average Bonchev–Trinajstić information content (AvgIpc) is 2.77. The Labute approximate surface area is 195 Å². The number of nitrogens with zero attached hydrogens (tertiary/aromatic N) is 4. The van der Waals surface area contributed by atoms with Crippen LogP contribution in [-0.2, 0) is 11.2 Å². The molecule has 2 rings (SSSR count). The summed E-state index contributed by atoms with van der Waals surface area (Å²) in [6.07, 6.45) is 8.55. The van der Waals surface area contributed by atoms with Gasteiger partial charge in [0.2, 0.25) is 5.95 Å². The summed E-state index contributed by atoms with van der Waals surface area (Å²) < 4.78 is 0. The minimum atomic E-state index is -0.261. The van der Waals surface area contributed by atoms with Gasteiger partial charge in [0.05, 0.1) is 22.5 Å². The predicted octanol–water partition coefficient (Wildman–Crippen LogP) is 3.58. The van der Waals surface area contributed by atoms with Gasteiger partial charge in [0, 0.05) is 50.1 Å². The van der Waals surface area contributed by atoms with Crippen LogP contribution in [0.3, 0.4) is 0 Å². The Morgan fingerprint density at radius 1 is 1.15 bits per heavy atom. The summed E-state index contributed by atoms with van der Waals surface area (Å²) in [7, 11) is 1.66. The molecule has 0 unspecified atom stereocenters. The van der Waals surface area contributed by atoms with Crippen molar-refractivity contribution in [2.75, 3.05) is 12.4 Å². The van der Waals surface area contributed by atoms with Crippen LogP contribution in [0.15, 0.2) is 64.1 Å². The fraction of sp³-hybridized carbons (Fsp3) is 0.320. The first-order valence-electron chi connectivity index (χ1n) is 10.7. The minimum Gasteiger partial charge on any atom is -0.404 e. The van der Waals surface area contributed by atoms with Gasteiger partial charge in [0.15, 0.2) is 5.78 Å². The number of allylic oxidation sites excluding steroid dienone is 2. The van der Waals surface area contributed by atoms with Crippen LogP contribution in [0.2, 0.25) is 0 Å². The summed E-state index contributed by atoms with van der Waals surface area (Å²) in [5, 5.41) is 3.04. The number of nitrogens with one attached hydrogen (secondary N) is 1. The molecule has 0 aliphatic rings. The summed E-state index contributed by atoms with van der Waals surface area (Å²) in [6, 6.07) is 7.92. The molecular weight excluding hydrogens is 414 g/mol. The van der Waals surface area contributed by atoms with Crippen LogP contribution in [0.1, 0.15) is 38.3 Å². The van der Waals surface area contributed by atoms with E-state index in [1.54, 1.807) is 25.7 Å². The van der Waals surface area contributed by atoms with Crippen molar-refractivity contribution in [2.45, 2.75) is 46.1 Å². The van der Waals surface area contributed by atoms with Gasteiger partial charge in [0.1, 0.15) is 0 Å². The van der Waals surface area contributed by atoms with Crippen molar-refractivity contribution in [2.24, 2.45) is 21.5 Å². The molecule has 8 heteroatoms. The monoisotopic (exact) mass is 447 g/mol. The number of carbonyl (C=O) groups excluding carboxylic acids is 1. The number of carbonyl (C=O) groups is 1. The quantitative estimate of drug-likeness (QED) is 0.398. The van der Waals surface area contributed by atoms with Gasteiger partial charge < -0.3 is 16.8 Å². The fourth-order valence-corrected chi connectivity index (χ4v) is 2.96. The number of ketones is 1. The first-order valence-corrected chi connectivity index (χ1v) is 10.7. The zero-order chi connectivity index (χ0) is 24.4. The number of aromatic nitrogens is 2. The molecule has 0 amide bonds. The third kappa shape index (κ3) is 7.99. The SMILES string of the molecule is CN=CC(=CN)Nc1nccc(-c2ccc(CCC(=O)C(C=NC(C)(C)C)=CN)c(C)c2)n1. The molecule has 2 aromatic rings. The molecule has 0 aliphatic carbocycles. The first kappa shape index (κ1) is 25.5. The molecule has 0 radical (unpaired) electrons. The summed E-state index contributed by atoms with van der Waals surface area (Å²) in [5.74, 6) is 0.398. The van der Waals surface area contributed by atoms with Crippen molar-refractivity contribution < 1.29 is 4.79 Å². The van der Waals surface area contributed by atoms with E-state index in [1.165, 1.54) is 12.4 Å². The lowest BCUT2D eigenvalue weighted by molar-refractivity contribution is -0.115. The van der Waals surface area contributed by atoms with E-state index >= 15 is 0 Å². The third-order valence-electron chi connectivity index (χ3n) is 4.71. The van der Waals surface area contributed by atoms with Crippen molar-refractivity contribution in [1.29, 1.82) is 0 Å². The second kappa shape index (κ2) is 11.7. The third-order valence-corrected chi connectivity index (χ3v) is 4.71. The van der Waals surface area contributed by atoms with Crippen LogP contribution in [-0.4, -0.2) is 40.8 Å². The van der Waals surface area contributed by atoms with Gasteiger partial charge in [-0.05, 0) is 57.4 Å². The van der Waals surface area contributed by atoms with Crippen LogP contribution < -0.4 is 16.8 Å². The Morgan fingerprint density at radius 3 is 2.52 bits per heavy atom. The van der Waals surface area contributed by atoms with Gasteiger partial charge >= 0.3 is 0 Å². The van der Waals surface area contributed by atoms with Crippen molar-refractivity contribution in [3.63, 3.8) is 0 Å². The average molecular weight is 448 g/mol. The van der Waals surface area contributed by atoms with Crippen molar-refractivity contribution >= 4 is 24.2 Å². The zero-order valence-electron chi connectivity index (χ0n) is 20.0. The molecule has 1 aromatic heterocycles. The molecular formula is C25H33N7O. The lowest BCUT2D eigenvalue weighted by Crippen LogP contribution is -2.13. The van der Waals surface area contributed by atoms with E-state index < -0.39 is 0 Å². The number of rotatable bonds is 9. The van der Waals surface area contributed by atoms with Crippen LogP contribution in [0.25, 0.3) is 11.3 Å². The second-order valence-corrected chi connectivity index (χ2v) is 8.52. The zero-order valence-corrected chi connectivity index (χ0v) is 20.0. The van der Waals surface area contributed by atoms with Gasteiger partial charge in [-0.15, -0.1) is 0 Å². The highest BCUT2D eigenvalue weighted by Gasteiger charge is 2.12. The van der Waals surface area contributed by atoms with Gasteiger partial charge in [-0.25, -0.2) is 9.97 Å². The second-order valence-electron chi connectivity index (χ2n) is 8.52. The highest BCUT2D eigenvalue weighted by atomic mass is 16.1. The minimum absolute atomic E-state index is 0.0279. The van der Waals surface area contributed by atoms with E-state index in [0.29, 0.717) is 30.1 Å². The number of benzene rings is 1. The fourth-order valence-electron chi connectivity index (χ4n) is 2.96. The maximum absolute atomic E-state index is 12.6. The molecule has 0 atom stereocenters. The lowest BCUT2D eigenvalue weighted by atomic mass is 9.97. The van der Waals surface area contributed by atoms with E-state index in [1.807, 2.05) is 45.9 Å². The van der Waals surface area contributed by atoms with E-state index in [2.05, 4.69) is 31.3 Å². The standard InChI is InChI=1S/C25H33N7O/c1-17-12-19(22-10-11-29-24(32-22)31-21(14-27)16-28-5)7-6-18(17)8-9-23(33)20(13-26)15-30-25(2,3)4/h6-7,10-16H,8-9,26-27H2,1-5H3,(H,29,31,32). The molecule has 174 valence electrons. The normalized spacial score (nSPS) is 13.1. The maximum atomic E-state index is 12.6. The highest BCUT2D eigenvalue weighted by molar-refractivity contribution is 6.13. The van der Waals surface area contributed by atoms with E-state index in [4.69, 9.17) is 11.5 Å². The molecule has 8 nitrogen and oxygen atoms in total. The van der Waals surface area contributed by atoms with E-state index in [0.717, 1.165) is 22.4 Å². The maximum Gasteiger partial charge on any atom is 0.227 e. The number of Topliss-reactive ketones (excluding diaryl/α,β-unsaturated/α-hetero) is 1. The van der Waals surface area contributed by atoms with Gasteiger partial charge in [-0.1, -0.05) is 12.1 Å². The highest BCUT2D eigenvalue weighted by Crippen LogP contribution is 2.22. The van der Waals surface area contributed by atoms with Crippen molar-refractivity contribution in [3.8, 4) is 11.3 Å².